The number of amides is 1. The number of fused-ring (bicyclic) bond motifs is 1. The first kappa shape index (κ1) is 11.6. The number of ether oxygens (including phenoxy) is 1. The third kappa shape index (κ3) is 2.12. The lowest BCUT2D eigenvalue weighted by Crippen LogP contribution is -2.27. The topological polar surface area (TPSA) is 51.0 Å². The zero-order chi connectivity index (χ0) is 13.2. The fraction of sp³-hybridized carbons (Fsp3) is 0.133. The molecule has 1 amide bonds. The number of carbonyl (C=O) groups is 1. The van der Waals surface area contributed by atoms with Crippen molar-refractivity contribution in [2.75, 3.05) is 7.11 Å². The lowest BCUT2D eigenvalue weighted by molar-refractivity contribution is -0.118. The molecule has 1 aromatic rings. The minimum absolute atomic E-state index is 0.177. The number of nitrogens with zero attached hydrogens (tertiary/aromatic N) is 2. The van der Waals surface area contributed by atoms with Crippen LogP contribution in [-0.2, 0) is 4.79 Å². The molecule has 0 radical (unpaired) electrons. The highest BCUT2D eigenvalue weighted by Gasteiger charge is 2.26. The summed E-state index contributed by atoms with van der Waals surface area (Å²) in [6.07, 6.45) is 7.37. The lowest BCUT2D eigenvalue weighted by Gasteiger charge is -2.17. The Morgan fingerprint density at radius 2 is 2.11 bits per heavy atom. The van der Waals surface area contributed by atoms with Crippen molar-refractivity contribution in [1.29, 1.82) is 0 Å². The number of amidine groups is 1. The largest absolute Gasteiger partial charge is 0.497 e. The van der Waals surface area contributed by atoms with Crippen molar-refractivity contribution >= 4 is 17.5 Å². The molecule has 0 fully saturated rings. The Morgan fingerprint density at radius 3 is 2.95 bits per heavy atom. The summed E-state index contributed by atoms with van der Waals surface area (Å²) >= 11 is 0. The number of carbonyl (C=O) groups excluding carboxylic acids is 1. The molecule has 94 valence electrons. The molecule has 1 aliphatic heterocycles. The van der Waals surface area contributed by atoms with E-state index in [2.05, 4.69) is 9.98 Å². The van der Waals surface area contributed by atoms with E-state index in [1.165, 1.54) is 0 Å². The molecule has 1 unspecified atom stereocenters. The van der Waals surface area contributed by atoms with Crippen molar-refractivity contribution in [1.82, 2.24) is 0 Å². The summed E-state index contributed by atoms with van der Waals surface area (Å²) in [6, 6.07) is 7.37. The Labute approximate surface area is 110 Å². The van der Waals surface area contributed by atoms with Gasteiger partial charge in [0.15, 0.2) is 5.84 Å². The molecule has 0 aromatic heterocycles. The van der Waals surface area contributed by atoms with Crippen LogP contribution in [-0.4, -0.2) is 24.6 Å². The van der Waals surface area contributed by atoms with Crippen molar-refractivity contribution in [3.05, 3.63) is 54.1 Å². The quantitative estimate of drug-likeness (QED) is 0.810. The van der Waals surface area contributed by atoms with Crippen LogP contribution in [0.15, 0.2) is 58.6 Å². The predicted octanol–water partition coefficient (Wildman–Crippen LogP) is 2.17. The number of benzene rings is 1. The fourth-order valence-electron chi connectivity index (χ4n) is 2.06. The molecule has 1 atom stereocenters. The maximum atomic E-state index is 12.0. The van der Waals surface area contributed by atoms with E-state index in [-0.39, 0.29) is 11.8 Å². The van der Waals surface area contributed by atoms with Crippen molar-refractivity contribution < 1.29 is 9.53 Å². The second-order valence-corrected chi connectivity index (χ2v) is 4.26. The van der Waals surface area contributed by atoms with E-state index in [1.54, 1.807) is 7.11 Å². The number of hydrogen-bond acceptors (Lipinski definition) is 3. The smallest absolute Gasteiger partial charge is 0.260 e. The second-order valence-electron chi connectivity index (χ2n) is 4.26. The monoisotopic (exact) mass is 252 g/mol. The van der Waals surface area contributed by atoms with Gasteiger partial charge in [-0.1, -0.05) is 30.4 Å². The number of methoxy groups -OCH3 is 1. The molecule has 4 nitrogen and oxygen atoms in total. The maximum Gasteiger partial charge on any atom is 0.260 e. The van der Waals surface area contributed by atoms with E-state index in [9.17, 15) is 4.79 Å². The van der Waals surface area contributed by atoms with E-state index in [0.717, 1.165) is 11.3 Å². The summed E-state index contributed by atoms with van der Waals surface area (Å²) < 4.78 is 5.17. The van der Waals surface area contributed by atoms with Gasteiger partial charge in [0.05, 0.1) is 12.8 Å². The van der Waals surface area contributed by atoms with Gasteiger partial charge in [0.25, 0.3) is 5.91 Å². The molecule has 0 spiro atoms. The Kier molecular flexibility index (Phi) is 2.83. The summed E-state index contributed by atoms with van der Waals surface area (Å²) in [5, 5.41) is 0. The Hall–Kier alpha value is -2.49. The molecule has 1 heterocycles. The van der Waals surface area contributed by atoms with Crippen molar-refractivity contribution in [3.63, 3.8) is 0 Å². The zero-order valence-electron chi connectivity index (χ0n) is 10.4. The van der Waals surface area contributed by atoms with Crippen LogP contribution in [0.5, 0.6) is 5.75 Å². The zero-order valence-corrected chi connectivity index (χ0v) is 10.4. The van der Waals surface area contributed by atoms with Crippen molar-refractivity contribution in [3.8, 4) is 5.75 Å². The third-order valence-corrected chi connectivity index (χ3v) is 3.05. The molecule has 3 rings (SSSR count). The first-order valence-electron chi connectivity index (χ1n) is 5.98. The highest BCUT2D eigenvalue weighted by molar-refractivity contribution is 6.24. The molecule has 2 aliphatic rings. The fourth-order valence-corrected chi connectivity index (χ4v) is 2.06. The molecular weight excluding hydrogens is 240 g/mol. The van der Waals surface area contributed by atoms with Crippen molar-refractivity contribution in [2.45, 2.75) is 0 Å². The van der Waals surface area contributed by atoms with Gasteiger partial charge < -0.3 is 4.74 Å². The average molecular weight is 252 g/mol. The van der Waals surface area contributed by atoms with Gasteiger partial charge >= 0.3 is 0 Å². The standard InChI is InChI=1S/C15H12N2O2/c1-19-11-6-4-5-10(9-11)14-16-13-8-3-2-7-12(13)15(18)17-14/h2-9,12H,1H3. The van der Waals surface area contributed by atoms with Gasteiger partial charge in [-0.15, -0.1) is 0 Å². The summed E-state index contributed by atoms with van der Waals surface area (Å²) in [7, 11) is 1.60. The van der Waals surface area contributed by atoms with Crippen LogP contribution in [0.25, 0.3) is 0 Å². The molecule has 0 N–H and O–H groups in total. The normalized spacial score (nSPS) is 20.7. The summed E-state index contributed by atoms with van der Waals surface area (Å²) in [5.74, 6) is 0.645. The van der Waals surface area contributed by atoms with Crippen LogP contribution >= 0.6 is 0 Å². The van der Waals surface area contributed by atoms with Crippen molar-refractivity contribution in [2.24, 2.45) is 15.9 Å². The van der Waals surface area contributed by atoms with Gasteiger partial charge in [-0.3, -0.25) is 4.79 Å². The molecule has 0 bridgehead atoms. The van der Waals surface area contributed by atoms with Crippen LogP contribution in [0.1, 0.15) is 5.56 Å². The van der Waals surface area contributed by atoms with Gasteiger partial charge in [-0.05, 0) is 18.2 Å². The van der Waals surface area contributed by atoms with Gasteiger partial charge in [0.1, 0.15) is 11.7 Å². The average Bonchev–Trinajstić information content (AvgIpc) is 2.47. The lowest BCUT2D eigenvalue weighted by atomic mass is 9.96. The van der Waals surface area contributed by atoms with Crippen LogP contribution in [0.4, 0.5) is 0 Å². The number of aliphatic imine (C=N–C) groups is 2. The van der Waals surface area contributed by atoms with Crippen LogP contribution in [0.3, 0.4) is 0 Å². The van der Waals surface area contributed by atoms with Crippen LogP contribution in [0, 0.1) is 5.92 Å². The first-order chi connectivity index (χ1) is 9.28. The molecule has 1 aliphatic carbocycles. The number of allylic oxidation sites excluding steroid dienone is 3. The molecule has 4 heteroatoms. The highest BCUT2D eigenvalue weighted by Crippen LogP contribution is 2.20. The predicted molar refractivity (Wildman–Crippen MR) is 73.7 cm³/mol. The van der Waals surface area contributed by atoms with Gasteiger partial charge in [0, 0.05) is 5.56 Å². The van der Waals surface area contributed by atoms with Gasteiger partial charge in [-0.2, -0.15) is 4.99 Å². The van der Waals surface area contributed by atoms with E-state index < -0.39 is 0 Å². The maximum absolute atomic E-state index is 12.0. The molecular formula is C15H12N2O2. The Bertz CT molecular complexity index is 654. The first-order valence-corrected chi connectivity index (χ1v) is 5.98. The third-order valence-electron chi connectivity index (χ3n) is 3.05. The Morgan fingerprint density at radius 1 is 1.21 bits per heavy atom. The van der Waals surface area contributed by atoms with Gasteiger partial charge in [0.2, 0.25) is 0 Å². The number of rotatable bonds is 2. The summed E-state index contributed by atoms with van der Waals surface area (Å²) in [5.41, 5.74) is 1.52. The molecule has 1 aromatic carbocycles. The SMILES string of the molecule is COc1cccc(C2=NC(=O)C3C=CC=CC3=N2)c1. The summed E-state index contributed by atoms with van der Waals surface area (Å²) in [6.45, 7) is 0. The molecule has 19 heavy (non-hydrogen) atoms. The second kappa shape index (κ2) is 4.65. The Balaban J connectivity index is 2.02. The molecule has 0 saturated carbocycles. The highest BCUT2D eigenvalue weighted by atomic mass is 16.5. The van der Waals surface area contributed by atoms with Crippen LogP contribution in [0.2, 0.25) is 0 Å². The van der Waals surface area contributed by atoms with E-state index in [1.807, 2.05) is 48.6 Å². The minimum Gasteiger partial charge on any atom is -0.497 e. The molecule has 0 saturated heterocycles. The van der Waals surface area contributed by atoms with Crippen LogP contribution < -0.4 is 4.74 Å². The van der Waals surface area contributed by atoms with E-state index >= 15 is 0 Å². The summed E-state index contributed by atoms with van der Waals surface area (Å²) in [4.78, 5) is 20.5. The number of hydrogen-bond donors (Lipinski definition) is 0. The van der Waals surface area contributed by atoms with E-state index in [0.29, 0.717) is 11.6 Å². The van der Waals surface area contributed by atoms with Gasteiger partial charge in [-0.25, -0.2) is 4.99 Å². The minimum atomic E-state index is -0.334. The van der Waals surface area contributed by atoms with E-state index in [4.69, 9.17) is 4.74 Å².